The van der Waals surface area contributed by atoms with Gasteiger partial charge in [0.25, 0.3) is 0 Å². The Labute approximate surface area is 143 Å². The molecule has 1 aromatic heterocycles. The highest BCUT2D eigenvalue weighted by Gasteiger charge is 2.11. The predicted octanol–water partition coefficient (Wildman–Crippen LogP) is 4.71. The Balaban J connectivity index is 2.00. The number of hydrogen-bond donors (Lipinski definition) is 1. The number of aromatic hydroxyl groups is 1. The molecule has 0 aliphatic heterocycles. The third-order valence-electron chi connectivity index (χ3n) is 3.58. The van der Waals surface area contributed by atoms with Crippen LogP contribution in [0.1, 0.15) is 17.0 Å². The molecule has 3 rings (SSSR count). The molecule has 2 aromatic carbocycles. The number of hydrogen-bond acceptors (Lipinski definition) is 3. The number of aromatic nitrogens is 2. The number of nitrogens with zero attached hydrogens (tertiary/aromatic N) is 3. The molecule has 0 fully saturated rings. The quantitative estimate of drug-likeness (QED) is 0.679. The molecule has 0 aliphatic rings. The Hall–Kier alpha value is -2.40. The van der Waals surface area contributed by atoms with Crippen molar-refractivity contribution >= 4 is 27.8 Å². The van der Waals surface area contributed by atoms with Crippen LogP contribution in [0.5, 0.6) is 5.75 Å². The third-order valence-corrected chi connectivity index (χ3v) is 4.07. The highest BCUT2D eigenvalue weighted by molar-refractivity contribution is 9.10. The second-order valence-corrected chi connectivity index (χ2v) is 6.14. The van der Waals surface area contributed by atoms with E-state index >= 15 is 0 Å². The van der Waals surface area contributed by atoms with Crippen LogP contribution in [0.2, 0.25) is 0 Å². The minimum Gasteiger partial charge on any atom is -0.507 e. The van der Waals surface area contributed by atoms with E-state index in [1.165, 1.54) is 0 Å². The molecule has 1 heterocycles. The van der Waals surface area contributed by atoms with Crippen molar-refractivity contribution in [1.29, 1.82) is 0 Å². The summed E-state index contributed by atoms with van der Waals surface area (Å²) >= 11 is 3.40. The first-order chi connectivity index (χ1) is 11.1. The number of rotatable bonds is 3. The Morgan fingerprint density at radius 2 is 1.87 bits per heavy atom. The lowest BCUT2D eigenvalue weighted by atomic mass is 10.2. The Kier molecular flexibility index (Phi) is 4.30. The maximum atomic E-state index is 9.90. The van der Waals surface area contributed by atoms with Gasteiger partial charge >= 0.3 is 0 Å². The summed E-state index contributed by atoms with van der Waals surface area (Å²) in [5.74, 6) is 0.197. The van der Waals surface area contributed by atoms with Crippen molar-refractivity contribution < 1.29 is 5.11 Å². The standard InChI is InChI=1S/C18H16BrN3O/c1-12-18(20-11-14-10-15(19)8-9-17(14)23)13(2)22(21-12)16-6-4-3-5-7-16/h3-11,23H,1-2H3. The average molecular weight is 370 g/mol. The smallest absolute Gasteiger partial charge is 0.124 e. The lowest BCUT2D eigenvalue weighted by Gasteiger charge is -2.03. The van der Waals surface area contributed by atoms with Crippen molar-refractivity contribution in [3.63, 3.8) is 0 Å². The summed E-state index contributed by atoms with van der Waals surface area (Å²) in [7, 11) is 0. The number of halogens is 1. The van der Waals surface area contributed by atoms with Crippen molar-refractivity contribution in [1.82, 2.24) is 9.78 Å². The van der Waals surface area contributed by atoms with E-state index in [0.29, 0.717) is 5.56 Å². The summed E-state index contributed by atoms with van der Waals surface area (Å²) in [4.78, 5) is 4.53. The topological polar surface area (TPSA) is 50.4 Å². The van der Waals surface area contributed by atoms with Gasteiger partial charge in [0.1, 0.15) is 11.4 Å². The summed E-state index contributed by atoms with van der Waals surface area (Å²) in [6, 6.07) is 15.2. The molecule has 0 radical (unpaired) electrons. The first-order valence-corrected chi connectivity index (χ1v) is 8.00. The van der Waals surface area contributed by atoms with E-state index in [0.717, 1.165) is 27.2 Å². The molecule has 0 bridgehead atoms. The van der Waals surface area contributed by atoms with Gasteiger partial charge in [0.2, 0.25) is 0 Å². The molecule has 23 heavy (non-hydrogen) atoms. The zero-order valence-electron chi connectivity index (χ0n) is 12.9. The second kappa shape index (κ2) is 6.38. The Morgan fingerprint density at radius 1 is 1.13 bits per heavy atom. The molecule has 3 aromatic rings. The molecule has 0 aliphatic carbocycles. The van der Waals surface area contributed by atoms with Crippen molar-refractivity contribution in [3.8, 4) is 11.4 Å². The number of para-hydroxylation sites is 1. The molecule has 0 saturated heterocycles. The van der Waals surface area contributed by atoms with E-state index in [4.69, 9.17) is 0 Å². The minimum absolute atomic E-state index is 0.197. The van der Waals surface area contributed by atoms with E-state index < -0.39 is 0 Å². The second-order valence-electron chi connectivity index (χ2n) is 5.23. The van der Waals surface area contributed by atoms with Crippen LogP contribution in [0.3, 0.4) is 0 Å². The molecule has 0 spiro atoms. The Morgan fingerprint density at radius 3 is 2.61 bits per heavy atom. The molecule has 0 atom stereocenters. The summed E-state index contributed by atoms with van der Waals surface area (Å²) in [5, 5.41) is 14.5. The number of aliphatic imine (C=N–C) groups is 1. The van der Waals surface area contributed by atoms with Crippen LogP contribution in [-0.4, -0.2) is 21.1 Å². The summed E-state index contributed by atoms with van der Waals surface area (Å²) < 4.78 is 2.77. The lowest BCUT2D eigenvalue weighted by Crippen LogP contribution is -1.98. The van der Waals surface area contributed by atoms with Crippen LogP contribution in [0.4, 0.5) is 5.69 Å². The monoisotopic (exact) mass is 369 g/mol. The van der Waals surface area contributed by atoms with Crippen LogP contribution in [-0.2, 0) is 0 Å². The van der Waals surface area contributed by atoms with Gasteiger partial charge in [-0.05, 0) is 44.2 Å². The molecular weight excluding hydrogens is 354 g/mol. The van der Waals surface area contributed by atoms with Crippen molar-refractivity contribution in [3.05, 3.63) is 70.0 Å². The van der Waals surface area contributed by atoms with Crippen molar-refractivity contribution in [2.75, 3.05) is 0 Å². The van der Waals surface area contributed by atoms with Gasteiger partial charge in [-0.25, -0.2) is 4.68 Å². The molecule has 4 nitrogen and oxygen atoms in total. The molecule has 0 amide bonds. The Bertz CT molecular complexity index is 869. The van der Waals surface area contributed by atoms with Crippen LogP contribution in [0.15, 0.2) is 58.0 Å². The molecule has 116 valence electrons. The van der Waals surface area contributed by atoms with Crippen LogP contribution < -0.4 is 0 Å². The fourth-order valence-electron chi connectivity index (χ4n) is 2.40. The maximum absolute atomic E-state index is 9.90. The SMILES string of the molecule is Cc1nn(-c2ccccc2)c(C)c1N=Cc1cc(Br)ccc1O. The van der Waals surface area contributed by atoms with Crippen LogP contribution in [0, 0.1) is 13.8 Å². The fourth-order valence-corrected chi connectivity index (χ4v) is 2.78. The van der Waals surface area contributed by atoms with Gasteiger partial charge in [0, 0.05) is 16.3 Å². The summed E-state index contributed by atoms with van der Waals surface area (Å²) in [6.45, 7) is 3.92. The van der Waals surface area contributed by atoms with Gasteiger partial charge in [-0.2, -0.15) is 5.10 Å². The largest absolute Gasteiger partial charge is 0.507 e. The maximum Gasteiger partial charge on any atom is 0.124 e. The van der Waals surface area contributed by atoms with E-state index in [9.17, 15) is 5.11 Å². The first kappa shape index (κ1) is 15.5. The molecule has 0 saturated carbocycles. The summed E-state index contributed by atoms with van der Waals surface area (Å²) in [5.41, 5.74) is 4.27. The van der Waals surface area contributed by atoms with E-state index in [-0.39, 0.29) is 5.75 Å². The van der Waals surface area contributed by atoms with Gasteiger partial charge in [0.05, 0.1) is 17.1 Å². The zero-order chi connectivity index (χ0) is 16.4. The number of phenols is 1. The summed E-state index contributed by atoms with van der Waals surface area (Å²) in [6.07, 6.45) is 1.66. The van der Waals surface area contributed by atoms with Gasteiger partial charge in [0.15, 0.2) is 0 Å². The molecule has 5 heteroatoms. The van der Waals surface area contributed by atoms with Crippen LogP contribution >= 0.6 is 15.9 Å². The van der Waals surface area contributed by atoms with E-state index in [1.54, 1.807) is 18.3 Å². The fraction of sp³-hybridized carbons (Fsp3) is 0.111. The van der Waals surface area contributed by atoms with E-state index in [2.05, 4.69) is 26.0 Å². The lowest BCUT2D eigenvalue weighted by molar-refractivity contribution is 0.474. The molecule has 0 unspecified atom stereocenters. The normalized spacial score (nSPS) is 11.3. The third kappa shape index (κ3) is 3.19. The molecular formula is C18H16BrN3O. The zero-order valence-corrected chi connectivity index (χ0v) is 14.4. The van der Waals surface area contributed by atoms with E-state index in [1.807, 2.05) is 54.9 Å². The predicted molar refractivity (Wildman–Crippen MR) is 96.1 cm³/mol. The minimum atomic E-state index is 0.197. The van der Waals surface area contributed by atoms with Crippen LogP contribution in [0.25, 0.3) is 5.69 Å². The number of aryl methyl sites for hydroxylation is 1. The first-order valence-electron chi connectivity index (χ1n) is 7.20. The van der Waals surface area contributed by atoms with Gasteiger partial charge in [-0.1, -0.05) is 34.1 Å². The van der Waals surface area contributed by atoms with Gasteiger partial charge < -0.3 is 5.11 Å². The highest BCUT2D eigenvalue weighted by atomic mass is 79.9. The van der Waals surface area contributed by atoms with Crippen molar-refractivity contribution in [2.45, 2.75) is 13.8 Å². The number of phenolic OH excluding ortho intramolecular Hbond substituents is 1. The number of benzene rings is 2. The highest BCUT2D eigenvalue weighted by Crippen LogP contribution is 2.27. The van der Waals surface area contributed by atoms with Gasteiger partial charge in [-0.15, -0.1) is 0 Å². The molecule has 1 N–H and O–H groups in total. The average Bonchev–Trinajstić information content (AvgIpc) is 2.84. The van der Waals surface area contributed by atoms with Gasteiger partial charge in [-0.3, -0.25) is 4.99 Å². The van der Waals surface area contributed by atoms with Crippen molar-refractivity contribution in [2.24, 2.45) is 4.99 Å².